The van der Waals surface area contributed by atoms with Crippen LogP contribution in [0.15, 0.2) is 40.8 Å². The molecule has 3 aromatic rings. The van der Waals surface area contributed by atoms with Gasteiger partial charge in [0.2, 0.25) is 0 Å². The third-order valence-electron chi connectivity index (χ3n) is 2.81. The molecule has 2 aromatic heterocycles. The summed E-state index contributed by atoms with van der Waals surface area (Å²) in [5, 5.41) is 0.756. The Balaban J connectivity index is 2.01. The average Bonchev–Trinajstić information content (AvgIpc) is 2.90. The van der Waals surface area contributed by atoms with Crippen molar-refractivity contribution >= 4 is 34.4 Å². The molecule has 0 saturated carbocycles. The number of anilines is 1. The van der Waals surface area contributed by atoms with Gasteiger partial charge >= 0.3 is 0 Å². The van der Waals surface area contributed by atoms with E-state index < -0.39 is 0 Å². The van der Waals surface area contributed by atoms with Crippen molar-refractivity contribution in [3.8, 4) is 0 Å². The van der Waals surface area contributed by atoms with Gasteiger partial charge in [0.15, 0.2) is 11.4 Å². The number of carbonyl (C=O) groups is 1. The first kappa shape index (κ1) is 12.6. The van der Waals surface area contributed by atoms with Crippen LogP contribution >= 0.6 is 11.8 Å². The number of carbonyl (C=O) groups excluding carboxylic acids is 1. The standard InChI is InChI=1S/C13H11N5OS/c1-7(19)9-4-8(2-3-10(9)14)20-13-11-12(16-5-15-11)17-6-18-13/h2-6H,14H2,1H3,(H,15,16,17,18). The van der Waals surface area contributed by atoms with E-state index in [9.17, 15) is 4.79 Å². The number of fused-ring (bicyclic) bond motifs is 1. The molecule has 0 aliphatic heterocycles. The number of hydrogen-bond acceptors (Lipinski definition) is 6. The molecule has 0 aliphatic rings. The van der Waals surface area contributed by atoms with Crippen LogP contribution in [0.1, 0.15) is 17.3 Å². The number of nitrogens with two attached hydrogens (primary N) is 1. The maximum Gasteiger partial charge on any atom is 0.181 e. The smallest absolute Gasteiger partial charge is 0.181 e. The van der Waals surface area contributed by atoms with E-state index in [0.29, 0.717) is 16.9 Å². The van der Waals surface area contributed by atoms with E-state index >= 15 is 0 Å². The van der Waals surface area contributed by atoms with Gasteiger partial charge < -0.3 is 10.7 Å². The molecule has 3 rings (SSSR count). The fourth-order valence-corrected chi connectivity index (χ4v) is 2.72. The summed E-state index contributed by atoms with van der Waals surface area (Å²) in [7, 11) is 0. The average molecular weight is 285 g/mol. The highest BCUT2D eigenvalue weighted by Gasteiger charge is 2.10. The lowest BCUT2D eigenvalue weighted by Crippen LogP contribution is -1.99. The van der Waals surface area contributed by atoms with Crippen molar-refractivity contribution in [2.24, 2.45) is 0 Å². The number of aromatic amines is 1. The van der Waals surface area contributed by atoms with Gasteiger partial charge in [0.25, 0.3) is 0 Å². The Bertz CT molecular complexity index is 798. The van der Waals surface area contributed by atoms with Gasteiger partial charge in [-0.15, -0.1) is 0 Å². The lowest BCUT2D eigenvalue weighted by Gasteiger charge is -2.06. The topological polar surface area (TPSA) is 97.5 Å². The Morgan fingerprint density at radius 2 is 2.15 bits per heavy atom. The minimum atomic E-state index is -0.0562. The van der Waals surface area contributed by atoms with E-state index in [1.165, 1.54) is 25.0 Å². The molecule has 0 aliphatic carbocycles. The molecule has 0 radical (unpaired) electrons. The maximum absolute atomic E-state index is 11.5. The number of rotatable bonds is 3. The van der Waals surface area contributed by atoms with Crippen LogP contribution in [0.25, 0.3) is 11.2 Å². The van der Waals surface area contributed by atoms with Crippen molar-refractivity contribution in [3.63, 3.8) is 0 Å². The van der Waals surface area contributed by atoms with Crippen molar-refractivity contribution in [2.75, 3.05) is 5.73 Å². The number of nitrogen functional groups attached to an aromatic ring is 1. The monoisotopic (exact) mass is 285 g/mol. The van der Waals surface area contributed by atoms with Crippen LogP contribution in [0.3, 0.4) is 0 Å². The number of benzene rings is 1. The van der Waals surface area contributed by atoms with Crippen LogP contribution in [0.5, 0.6) is 0 Å². The number of imidazole rings is 1. The Morgan fingerprint density at radius 3 is 2.95 bits per heavy atom. The zero-order chi connectivity index (χ0) is 14.1. The van der Waals surface area contributed by atoms with Gasteiger partial charge in [-0.2, -0.15) is 0 Å². The van der Waals surface area contributed by atoms with E-state index in [-0.39, 0.29) is 5.78 Å². The molecular weight excluding hydrogens is 274 g/mol. The number of nitrogens with one attached hydrogen (secondary N) is 1. The van der Waals surface area contributed by atoms with Crippen molar-refractivity contribution in [3.05, 3.63) is 36.4 Å². The molecule has 0 bridgehead atoms. The predicted octanol–water partition coefficient (Wildman–Crippen LogP) is 2.29. The number of Topliss-reactive ketones (excluding diaryl/α,β-unsaturated/α-hetero) is 1. The highest BCUT2D eigenvalue weighted by atomic mass is 32.2. The molecule has 2 heterocycles. The van der Waals surface area contributed by atoms with Gasteiger partial charge in [0.05, 0.1) is 6.33 Å². The molecule has 0 unspecified atom stereocenters. The van der Waals surface area contributed by atoms with Crippen LogP contribution in [-0.4, -0.2) is 25.7 Å². The Kier molecular flexibility index (Phi) is 3.11. The molecule has 0 spiro atoms. The first-order chi connectivity index (χ1) is 9.65. The lowest BCUT2D eigenvalue weighted by molar-refractivity contribution is 0.101. The summed E-state index contributed by atoms with van der Waals surface area (Å²) in [6.45, 7) is 1.50. The SMILES string of the molecule is CC(=O)c1cc(Sc2ncnc3nc[nH]c23)ccc1N. The van der Waals surface area contributed by atoms with Crippen molar-refractivity contribution in [1.29, 1.82) is 0 Å². The van der Waals surface area contributed by atoms with Crippen LogP contribution in [-0.2, 0) is 0 Å². The molecule has 0 saturated heterocycles. The van der Waals surface area contributed by atoms with E-state index in [0.717, 1.165) is 15.4 Å². The molecular formula is C13H11N5OS. The van der Waals surface area contributed by atoms with E-state index in [2.05, 4.69) is 19.9 Å². The van der Waals surface area contributed by atoms with Gasteiger partial charge in [-0.1, -0.05) is 11.8 Å². The molecule has 6 nitrogen and oxygen atoms in total. The molecule has 0 fully saturated rings. The largest absolute Gasteiger partial charge is 0.398 e. The summed E-state index contributed by atoms with van der Waals surface area (Å²) in [4.78, 5) is 27.8. The summed E-state index contributed by atoms with van der Waals surface area (Å²) in [6.07, 6.45) is 3.04. The third kappa shape index (κ3) is 2.23. The fourth-order valence-electron chi connectivity index (χ4n) is 1.84. The Labute approximate surface area is 118 Å². The second kappa shape index (κ2) is 4.93. The second-order valence-electron chi connectivity index (χ2n) is 4.19. The number of H-pyrrole nitrogens is 1. The highest BCUT2D eigenvalue weighted by Crippen LogP contribution is 2.31. The summed E-state index contributed by atoms with van der Waals surface area (Å²) in [5.74, 6) is -0.0562. The Morgan fingerprint density at radius 1 is 1.30 bits per heavy atom. The van der Waals surface area contributed by atoms with Gasteiger partial charge in [-0.05, 0) is 25.1 Å². The number of ketones is 1. The molecule has 100 valence electrons. The van der Waals surface area contributed by atoms with Crippen LogP contribution in [0.4, 0.5) is 5.69 Å². The molecule has 3 N–H and O–H groups in total. The van der Waals surface area contributed by atoms with E-state index in [1.807, 2.05) is 6.07 Å². The normalized spacial score (nSPS) is 10.8. The summed E-state index contributed by atoms with van der Waals surface area (Å²) in [6, 6.07) is 5.35. The van der Waals surface area contributed by atoms with Gasteiger partial charge in [0.1, 0.15) is 16.9 Å². The molecule has 0 amide bonds. The minimum absolute atomic E-state index is 0.0562. The van der Waals surface area contributed by atoms with Crippen LogP contribution in [0, 0.1) is 0 Å². The van der Waals surface area contributed by atoms with Crippen molar-refractivity contribution in [1.82, 2.24) is 19.9 Å². The quantitative estimate of drug-likeness (QED) is 0.435. The number of nitrogens with zero attached hydrogens (tertiary/aromatic N) is 3. The summed E-state index contributed by atoms with van der Waals surface area (Å²) < 4.78 is 0. The Hall–Kier alpha value is -2.41. The first-order valence-corrected chi connectivity index (χ1v) is 6.69. The summed E-state index contributed by atoms with van der Waals surface area (Å²) >= 11 is 1.43. The van der Waals surface area contributed by atoms with Gasteiger partial charge in [0, 0.05) is 16.1 Å². The third-order valence-corrected chi connectivity index (χ3v) is 3.80. The van der Waals surface area contributed by atoms with Crippen LogP contribution < -0.4 is 5.73 Å². The summed E-state index contributed by atoms with van der Waals surface area (Å²) in [5.41, 5.74) is 8.18. The van der Waals surface area contributed by atoms with Gasteiger partial charge in [-0.25, -0.2) is 15.0 Å². The zero-order valence-electron chi connectivity index (χ0n) is 10.6. The molecule has 1 aromatic carbocycles. The van der Waals surface area contributed by atoms with Crippen molar-refractivity contribution in [2.45, 2.75) is 16.8 Å². The number of aromatic nitrogens is 4. The lowest BCUT2D eigenvalue weighted by atomic mass is 10.1. The van der Waals surface area contributed by atoms with Gasteiger partial charge in [-0.3, -0.25) is 4.79 Å². The first-order valence-electron chi connectivity index (χ1n) is 5.87. The number of hydrogen-bond donors (Lipinski definition) is 2. The van der Waals surface area contributed by atoms with Crippen molar-refractivity contribution < 1.29 is 4.79 Å². The highest BCUT2D eigenvalue weighted by molar-refractivity contribution is 7.99. The molecule has 0 atom stereocenters. The maximum atomic E-state index is 11.5. The van der Waals surface area contributed by atoms with E-state index in [1.54, 1.807) is 18.5 Å². The van der Waals surface area contributed by atoms with Crippen LogP contribution in [0.2, 0.25) is 0 Å². The zero-order valence-corrected chi connectivity index (χ0v) is 11.4. The van der Waals surface area contributed by atoms with E-state index in [4.69, 9.17) is 5.73 Å². The minimum Gasteiger partial charge on any atom is -0.398 e. The molecule has 20 heavy (non-hydrogen) atoms. The predicted molar refractivity (Wildman–Crippen MR) is 76.7 cm³/mol. The fraction of sp³-hybridized carbons (Fsp3) is 0.0769. The second-order valence-corrected chi connectivity index (χ2v) is 5.25. The molecule has 7 heteroatoms.